The van der Waals surface area contributed by atoms with Crippen LogP contribution in [-0.2, 0) is 4.79 Å². The first-order valence-corrected chi connectivity index (χ1v) is 12.4. The number of amides is 3. The van der Waals surface area contributed by atoms with Crippen LogP contribution in [0.4, 0.5) is 0 Å². The molecule has 3 aromatic rings. The Morgan fingerprint density at radius 2 is 1.42 bits per heavy atom. The molecule has 0 unspecified atom stereocenters. The fourth-order valence-electron chi connectivity index (χ4n) is 4.83. The second kappa shape index (κ2) is 10.9. The lowest BCUT2D eigenvalue weighted by molar-refractivity contribution is -0.122. The molecule has 2 aliphatic rings. The fraction of sp³-hybridized carbons (Fsp3) is 0.321. The van der Waals surface area contributed by atoms with Gasteiger partial charge >= 0.3 is 0 Å². The first-order valence-electron chi connectivity index (χ1n) is 12.4. The van der Waals surface area contributed by atoms with E-state index >= 15 is 0 Å². The van der Waals surface area contributed by atoms with Crippen LogP contribution in [0.3, 0.4) is 0 Å². The van der Waals surface area contributed by atoms with E-state index < -0.39 is 0 Å². The van der Waals surface area contributed by atoms with E-state index in [4.69, 9.17) is 4.74 Å². The number of benzene rings is 3. The minimum Gasteiger partial charge on any atom is -0.492 e. The number of nitrogens with zero attached hydrogens (tertiary/aromatic N) is 3. The zero-order valence-electron chi connectivity index (χ0n) is 20.2. The molecule has 2 heterocycles. The highest BCUT2D eigenvalue weighted by molar-refractivity contribution is 6.25. The van der Waals surface area contributed by atoms with Gasteiger partial charge in [0.25, 0.3) is 11.8 Å². The van der Waals surface area contributed by atoms with Gasteiger partial charge in [0.1, 0.15) is 12.4 Å². The van der Waals surface area contributed by atoms with Crippen molar-refractivity contribution in [2.75, 3.05) is 59.0 Å². The summed E-state index contributed by atoms with van der Waals surface area (Å²) in [5.74, 6) is 0.321. The van der Waals surface area contributed by atoms with Gasteiger partial charge in [-0.3, -0.25) is 29.1 Å². The predicted octanol–water partition coefficient (Wildman–Crippen LogP) is 2.25. The number of rotatable bonds is 9. The first kappa shape index (κ1) is 24.0. The molecule has 0 spiro atoms. The van der Waals surface area contributed by atoms with Crippen LogP contribution in [-0.4, -0.2) is 91.4 Å². The number of carbonyl (C=O) groups is 3. The molecule has 36 heavy (non-hydrogen) atoms. The van der Waals surface area contributed by atoms with E-state index in [0.29, 0.717) is 43.9 Å². The average molecular weight is 487 g/mol. The number of nitrogens with one attached hydrogen (secondary N) is 1. The molecule has 0 aromatic heterocycles. The van der Waals surface area contributed by atoms with Crippen molar-refractivity contribution in [1.29, 1.82) is 0 Å². The number of carbonyl (C=O) groups excluding carboxylic acids is 3. The topological polar surface area (TPSA) is 82.2 Å². The summed E-state index contributed by atoms with van der Waals surface area (Å²) in [4.78, 5) is 44.2. The van der Waals surface area contributed by atoms with Crippen LogP contribution < -0.4 is 10.1 Å². The SMILES string of the molecule is O=C(CN1CCN(CCN2C(=O)c3cccc4cccc(c34)C2=O)CC1)NCCOc1ccccc1. The monoisotopic (exact) mass is 486 g/mol. The molecule has 0 bridgehead atoms. The number of hydrogen-bond acceptors (Lipinski definition) is 6. The van der Waals surface area contributed by atoms with Crippen LogP contribution in [0, 0.1) is 0 Å². The van der Waals surface area contributed by atoms with Crippen molar-refractivity contribution in [3.8, 4) is 5.75 Å². The third kappa shape index (κ3) is 5.24. The Bertz CT molecular complexity index is 1200. The summed E-state index contributed by atoms with van der Waals surface area (Å²) < 4.78 is 5.60. The Morgan fingerprint density at radius 1 is 0.778 bits per heavy atom. The molecule has 3 aromatic carbocycles. The Labute approximate surface area is 210 Å². The van der Waals surface area contributed by atoms with Gasteiger partial charge in [0.05, 0.1) is 13.1 Å². The average Bonchev–Trinajstić information content (AvgIpc) is 2.91. The number of imide groups is 1. The summed E-state index contributed by atoms with van der Waals surface area (Å²) in [6.07, 6.45) is 0. The summed E-state index contributed by atoms with van der Waals surface area (Å²) in [5.41, 5.74) is 1.18. The predicted molar refractivity (Wildman–Crippen MR) is 137 cm³/mol. The zero-order valence-corrected chi connectivity index (χ0v) is 20.2. The van der Waals surface area contributed by atoms with E-state index in [1.54, 1.807) is 12.1 Å². The van der Waals surface area contributed by atoms with Gasteiger partial charge in [-0.25, -0.2) is 0 Å². The van der Waals surface area contributed by atoms with Gasteiger partial charge in [-0.1, -0.05) is 42.5 Å². The highest BCUT2D eigenvalue weighted by Gasteiger charge is 2.32. The van der Waals surface area contributed by atoms with Crippen LogP contribution in [0.2, 0.25) is 0 Å². The van der Waals surface area contributed by atoms with Gasteiger partial charge in [0.2, 0.25) is 5.91 Å². The van der Waals surface area contributed by atoms with E-state index in [1.807, 2.05) is 54.6 Å². The van der Waals surface area contributed by atoms with Crippen LogP contribution in [0.25, 0.3) is 10.8 Å². The highest BCUT2D eigenvalue weighted by atomic mass is 16.5. The summed E-state index contributed by atoms with van der Waals surface area (Å²) in [6.45, 7) is 5.30. The van der Waals surface area contributed by atoms with Crippen molar-refractivity contribution in [1.82, 2.24) is 20.0 Å². The van der Waals surface area contributed by atoms with Crippen LogP contribution in [0.15, 0.2) is 66.7 Å². The molecule has 1 N–H and O–H groups in total. The zero-order chi connectivity index (χ0) is 24.9. The standard InChI is InChI=1S/C28H30N4O4/c33-25(29-12-19-36-22-8-2-1-3-9-22)20-31-15-13-30(14-16-31)17-18-32-27(34)23-10-4-6-21-7-5-11-24(26(21)23)28(32)35/h1-11H,12-20H2,(H,29,33). The molecular weight excluding hydrogens is 456 g/mol. The summed E-state index contributed by atoms with van der Waals surface area (Å²) in [6, 6.07) is 20.7. The highest BCUT2D eigenvalue weighted by Crippen LogP contribution is 2.29. The Balaban J connectivity index is 1.05. The minimum absolute atomic E-state index is 0.0162. The second-order valence-electron chi connectivity index (χ2n) is 9.10. The lowest BCUT2D eigenvalue weighted by Crippen LogP contribution is -2.52. The molecule has 0 saturated carbocycles. The van der Waals surface area contributed by atoms with Gasteiger partial charge in [0, 0.05) is 55.8 Å². The Kier molecular flexibility index (Phi) is 7.25. The van der Waals surface area contributed by atoms with E-state index in [0.717, 1.165) is 42.7 Å². The number of para-hydroxylation sites is 1. The molecule has 1 fully saturated rings. The second-order valence-corrected chi connectivity index (χ2v) is 9.10. The van der Waals surface area contributed by atoms with Crippen LogP contribution in [0.1, 0.15) is 20.7 Å². The molecule has 186 valence electrons. The van der Waals surface area contributed by atoms with Crippen LogP contribution in [0.5, 0.6) is 5.75 Å². The maximum absolute atomic E-state index is 13.1. The number of ether oxygens (including phenoxy) is 1. The first-order chi connectivity index (χ1) is 17.6. The van der Waals surface area contributed by atoms with Gasteiger partial charge in [0.15, 0.2) is 0 Å². The third-order valence-corrected chi connectivity index (χ3v) is 6.76. The van der Waals surface area contributed by atoms with E-state index in [9.17, 15) is 14.4 Å². The van der Waals surface area contributed by atoms with E-state index in [1.165, 1.54) is 4.90 Å². The van der Waals surface area contributed by atoms with Crippen molar-refractivity contribution in [3.63, 3.8) is 0 Å². The van der Waals surface area contributed by atoms with Crippen molar-refractivity contribution in [3.05, 3.63) is 77.9 Å². The van der Waals surface area contributed by atoms with Gasteiger partial charge < -0.3 is 10.1 Å². The summed E-state index contributed by atoms with van der Waals surface area (Å²) in [5, 5.41) is 4.57. The molecule has 5 rings (SSSR count). The normalized spacial score (nSPS) is 16.4. The third-order valence-electron chi connectivity index (χ3n) is 6.76. The molecule has 0 aliphatic carbocycles. The Morgan fingerprint density at radius 3 is 2.08 bits per heavy atom. The van der Waals surface area contributed by atoms with Crippen molar-refractivity contribution in [2.24, 2.45) is 0 Å². The van der Waals surface area contributed by atoms with E-state index in [2.05, 4.69) is 15.1 Å². The number of hydrogen-bond donors (Lipinski definition) is 1. The summed E-state index contributed by atoms with van der Waals surface area (Å²) >= 11 is 0. The summed E-state index contributed by atoms with van der Waals surface area (Å²) in [7, 11) is 0. The number of piperazine rings is 1. The fourth-order valence-corrected chi connectivity index (χ4v) is 4.83. The molecule has 8 heteroatoms. The minimum atomic E-state index is -0.226. The molecule has 0 atom stereocenters. The van der Waals surface area contributed by atoms with Gasteiger partial charge in [-0.05, 0) is 29.7 Å². The van der Waals surface area contributed by atoms with Gasteiger partial charge in [-0.2, -0.15) is 0 Å². The molecular formula is C28H30N4O4. The smallest absolute Gasteiger partial charge is 0.261 e. The van der Waals surface area contributed by atoms with Crippen molar-refractivity contribution in [2.45, 2.75) is 0 Å². The van der Waals surface area contributed by atoms with E-state index in [-0.39, 0.29) is 17.7 Å². The molecule has 8 nitrogen and oxygen atoms in total. The van der Waals surface area contributed by atoms with Crippen LogP contribution >= 0.6 is 0 Å². The van der Waals surface area contributed by atoms with Crippen molar-refractivity contribution >= 4 is 28.5 Å². The molecule has 0 radical (unpaired) electrons. The lowest BCUT2D eigenvalue weighted by Gasteiger charge is -2.35. The lowest BCUT2D eigenvalue weighted by atomic mass is 9.94. The molecule has 1 saturated heterocycles. The maximum Gasteiger partial charge on any atom is 0.261 e. The largest absolute Gasteiger partial charge is 0.492 e. The molecule has 2 aliphatic heterocycles. The van der Waals surface area contributed by atoms with Gasteiger partial charge in [-0.15, -0.1) is 0 Å². The van der Waals surface area contributed by atoms with Crippen molar-refractivity contribution < 1.29 is 19.1 Å². The maximum atomic E-state index is 13.1. The quantitative estimate of drug-likeness (QED) is 0.369. The Hall–Kier alpha value is -3.75. The molecule has 3 amide bonds.